The number of benzene rings is 1. The van der Waals surface area contributed by atoms with E-state index in [1.807, 2.05) is 6.92 Å². The molecule has 0 N–H and O–H groups in total. The minimum atomic E-state index is -0.398. The Morgan fingerprint density at radius 3 is 2.69 bits per heavy atom. The summed E-state index contributed by atoms with van der Waals surface area (Å²) in [6, 6.07) is 4.73. The second-order valence-corrected chi connectivity index (χ2v) is 2.64. The maximum atomic E-state index is 10.5. The van der Waals surface area contributed by atoms with E-state index in [1.165, 1.54) is 6.07 Å². The van der Waals surface area contributed by atoms with Crippen molar-refractivity contribution < 1.29 is 9.66 Å². The monoisotopic (exact) mass is 181 g/mol. The molecule has 0 heterocycles. The molecule has 0 aliphatic carbocycles. The highest BCUT2D eigenvalue weighted by molar-refractivity contribution is 5.44. The summed E-state index contributed by atoms with van der Waals surface area (Å²) >= 11 is 0. The predicted molar refractivity (Wildman–Crippen MR) is 49.0 cm³/mol. The molecule has 0 aliphatic heterocycles. The smallest absolute Gasteiger partial charge is 0.272 e. The normalized spacial score (nSPS) is 9.69. The summed E-state index contributed by atoms with van der Waals surface area (Å²) in [6.45, 7) is 4.13. The number of hydrogen-bond donors (Lipinski definition) is 0. The molecular weight excluding hydrogens is 170 g/mol. The molecule has 4 heteroatoms. The molecule has 0 amide bonds. The largest absolute Gasteiger partial charge is 0.494 e. The molecule has 0 unspecified atom stereocenters. The van der Waals surface area contributed by atoms with Gasteiger partial charge in [0, 0.05) is 11.6 Å². The van der Waals surface area contributed by atoms with Gasteiger partial charge in [-0.25, -0.2) is 0 Å². The molecule has 0 atom stereocenters. The van der Waals surface area contributed by atoms with E-state index < -0.39 is 4.92 Å². The van der Waals surface area contributed by atoms with Gasteiger partial charge >= 0.3 is 0 Å². The van der Waals surface area contributed by atoms with Gasteiger partial charge in [0.05, 0.1) is 11.5 Å². The summed E-state index contributed by atoms with van der Waals surface area (Å²) in [4.78, 5) is 10.1. The summed E-state index contributed by atoms with van der Waals surface area (Å²) in [5, 5.41) is 10.5. The summed E-state index contributed by atoms with van der Waals surface area (Å²) in [7, 11) is 0. The van der Waals surface area contributed by atoms with Crippen molar-refractivity contribution in [2.45, 2.75) is 13.8 Å². The van der Waals surface area contributed by atoms with E-state index in [-0.39, 0.29) is 5.69 Å². The maximum absolute atomic E-state index is 10.5. The van der Waals surface area contributed by atoms with Crippen LogP contribution in [-0.4, -0.2) is 11.5 Å². The number of rotatable bonds is 3. The van der Waals surface area contributed by atoms with Crippen molar-refractivity contribution in [3.63, 3.8) is 0 Å². The first kappa shape index (κ1) is 9.51. The van der Waals surface area contributed by atoms with Gasteiger partial charge in [-0.3, -0.25) is 10.1 Å². The van der Waals surface area contributed by atoms with E-state index in [9.17, 15) is 10.1 Å². The van der Waals surface area contributed by atoms with Gasteiger partial charge in [-0.2, -0.15) is 0 Å². The molecule has 70 valence electrons. The van der Waals surface area contributed by atoms with E-state index in [0.29, 0.717) is 17.9 Å². The molecule has 0 aromatic heterocycles. The standard InChI is InChI=1S/C9H11NO3/c1-3-13-8-4-5-9(10(11)12)7(2)6-8/h4-6H,3H2,1-2H3. The van der Waals surface area contributed by atoms with E-state index in [2.05, 4.69) is 0 Å². The first-order chi connectivity index (χ1) is 6.15. The summed E-state index contributed by atoms with van der Waals surface area (Å²) in [6.07, 6.45) is 0. The lowest BCUT2D eigenvalue weighted by Gasteiger charge is -2.03. The summed E-state index contributed by atoms with van der Waals surface area (Å²) in [5.41, 5.74) is 0.749. The Labute approximate surface area is 76.3 Å². The van der Waals surface area contributed by atoms with Crippen LogP contribution in [0.4, 0.5) is 5.69 Å². The van der Waals surface area contributed by atoms with Crippen molar-refractivity contribution in [1.29, 1.82) is 0 Å². The van der Waals surface area contributed by atoms with Gasteiger partial charge in [0.2, 0.25) is 0 Å². The Kier molecular flexibility index (Phi) is 2.84. The van der Waals surface area contributed by atoms with Gasteiger partial charge in [-0.1, -0.05) is 0 Å². The Balaban J connectivity index is 2.98. The molecule has 0 bridgehead atoms. The lowest BCUT2D eigenvalue weighted by molar-refractivity contribution is -0.385. The fraction of sp³-hybridized carbons (Fsp3) is 0.333. The molecule has 0 saturated heterocycles. The second-order valence-electron chi connectivity index (χ2n) is 2.64. The van der Waals surface area contributed by atoms with Crippen LogP contribution in [0.15, 0.2) is 18.2 Å². The molecule has 1 aromatic rings. The zero-order valence-electron chi connectivity index (χ0n) is 7.61. The van der Waals surface area contributed by atoms with Crippen molar-refractivity contribution >= 4 is 5.69 Å². The van der Waals surface area contributed by atoms with Crippen LogP contribution in [-0.2, 0) is 0 Å². The van der Waals surface area contributed by atoms with Gasteiger partial charge < -0.3 is 4.74 Å². The van der Waals surface area contributed by atoms with Crippen LogP contribution in [0.5, 0.6) is 5.75 Å². The van der Waals surface area contributed by atoms with Crippen molar-refractivity contribution in [3.8, 4) is 5.75 Å². The third kappa shape index (κ3) is 2.18. The van der Waals surface area contributed by atoms with Crippen LogP contribution < -0.4 is 4.74 Å². The number of nitro benzene ring substituents is 1. The molecule has 0 radical (unpaired) electrons. The molecule has 1 rings (SSSR count). The fourth-order valence-corrected chi connectivity index (χ4v) is 1.09. The minimum absolute atomic E-state index is 0.128. The van der Waals surface area contributed by atoms with Crippen LogP contribution in [0, 0.1) is 17.0 Å². The van der Waals surface area contributed by atoms with Crippen LogP contribution in [0.25, 0.3) is 0 Å². The third-order valence-corrected chi connectivity index (χ3v) is 1.68. The fourth-order valence-electron chi connectivity index (χ4n) is 1.09. The van der Waals surface area contributed by atoms with Crippen molar-refractivity contribution in [3.05, 3.63) is 33.9 Å². The summed E-state index contributed by atoms with van der Waals surface area (Å²) < 4.78 is 5.20. The minimum Gasteiger partial charge on any atom is -0.494 e. The van der Waals surface area contributed by atoms with Crippen molar-refractivity contribution in [1.82, 2.24) is 0 Å². The van der Waals surface area contributed by atoms with Crippen molar-refractivity contribution in [2.24, 2.45) is 0 Å². The van der Waals surface area contributed by atoms with Crippen LogP contribution in [0.3, 0.4) is 0 Å². The highest BCUT2D eigenvalue weighted by atomic mass is 16.6. The van der Waals surface area contributed by atoms with E-state index in [0.717, 1.165) is 0 Å². The quantitative estimate of drug-likeness (QED) is 0.531. The highest BCUT2D eigenvalue weighted by Gasteiger charge is 2.09. The summed E-state index contributed by atoms with van der Waals surface area (Å²) in [5.74, 6) is 0.672. The average molecular weight is 181 g/mol. The molecule has 1 aromatic carbocycles. The second kappa shape index (κ2) is 3.89. The molecule has 0 saturated carbocycles. The molecule has 0 fully saturated rings. The van der Waals surface area contributed by atoms with E-state index >= 15 is 0 Å². The third-order valence-electron chi connectivity index (χ3n) is 1.68. The lowest BCUT2D eigenvalue weighted by Crippen LogP contribution is -1.95. The number of ether oxygens (including phenoxy) is 1. The Morgan fingerprint density at radius 1 is 1.54 bits per heavy atom. The number of nitrogens with zero attached hydrogens (tertiary/aromatic N) is 1. The van der Waals surface area contributed by atoms with Gasteiger partial charge in [-0.15, -0.1) is 0 Å². The molecular formula is C9H11NO3. The van der Waals surface area contributed by atoms with Crippen LogP contribution in [0.2, 0.25) is 0 Å². The highest BCUT2D eigenvalue weighted by Crippen LogP contribution is 2.22. The lowest BCUT2D eigenvalue weighted by atomic mass is 10.2. The molecule has 4 nitrogen and oxygen atoms in total. The number of nitro groups is 1. The maximum Gasteiger partial charge on any atom is 0.272 e. The number of hydrogen-bond acceptors (Lipinski definition) is 3. The number of aryl methyl sites for hydroxylation is 1. The first-order valence-electron chi connectivity index (χ1n) is 4.03. The average Bonchev–Trinajstić information content (AvgIpc) is 2.04. The topological polar surface area (TPSA) is 52.4 Å². The van der Waals surface area contributed by atoms with Gasteiger partial charge in [-0.05, 0) is 26.0 Å². The Morgan fingerprint density at radius 2 is 2.23 bits per heavy atom. The van der Waals surface area contributed by atoms with Crippen molar-refractivity contribution in [2.75, 3.05) is 6.61 Å². The van der Waals surface area contributed by atoms with Crippen LogP contribution in [0.1, 0.15) is 12.5 Å². The van der Waals surface area contributed by atoms with Gasteiger partial charge in [0.15, 0.2) is 0 Å². The zero-order valence-corrected chi connectivity index (χ0v) is 7.61. The molecule has 0 spiro atoms. The Bertz CT molecular complexity index is 323. The first-order valence-corrected chi connectivity index (χ1v) is 4.03. The SMILES string of the molecule is CCOc1ccc([N+](=O)[O-])c(C)c1. The predicted octanol–water partition coefficient (Wildman–Crippen LogP) is 2.30. The van der Waals surface area contributed by atoms with E-state index in [1.54, 1.807) is 19.1 Å². The molecule has 13 heavy (non-hydrogen) atoms. The Hall–Kier alpha value is -1.58. The van der Waals surface area contributed by atoms with Crippen LogP contribution >= 0.6 is 0 Å². The van der Waals surface area contributed by atoms with E-state index in [4.69, 9.17) is 4.74 Å². The van der Waals surface area contributed by atoms with Gasteiger partial charge in [0.25, 0.3) is 5.69 Å². The van der Waals surface area contributed by atoms with Gasteiger partial charge in [0.1, 0.15) is 5.75 Å². The zero-order chi connectivity index (χ0) is 9.84. The molecule has 0 aliphatic rings.